The van der Waals surface area contributed by atoms with Crippen molar-refractivity contribution in [3.05, 3.63) is 77.0 Å². The van der Waals surface area contributed by atoms with Gasteiger partial charge in [0, 0.05) is 22.5 Å². The van der Waals surface area contributed by atoms with E-state index in [9.17, 15) is 4.79 Å². The lowest BCUT2D eigenvalue weighted by Gasteiger charge is -2.09. The van der Waals surface area contributed by atoms with E-state index in [0.29, 0.717) is 5.82 Å². The number of anilines is 1. The molecular formula is C22H19N3O. The third-order valence-electron chi connectivity index (χ3n) is 4.74. The number of pyridine rings is 2. The predicted molar refractivity (Wildman–Crippen MR) is 105 cm³/mol. The molecule has 4 rings (SSSR count). The van der Waals surface area contributed by atoms with E-state index >= 15 is 0 Å². The quantitative estimate of drug-likeness (QED) is 0.444. The summed E-state index contributed by atoms with van der Waals surface area (Å²) in [7, 11) is 0. The highest BCUT2D eigenvalue weighted by atomic mass is 16.1. The Hall–Kier alpha value is -3.27. The molecule has 0 aliphatic rings. The van der Waals surface area contributed by atoms with Crippen LogP contribution in [-0.4, -0.2) is 16.3 Å². The summed E-state index contributed by atoms with van der Waals surface area (Å²) >= 11 is 0. The lowest BCUT2D eigenvalue weighted by atomic mass is 9.99. The Morgan fingerprint density at radius 1 is 1.04 bits per heavy atom. The number of aromatic nitrogens is 2. The maximum absolute atomic E-state index is 11.2. The van der Waals surface area contributed by atoms with Gasteiger partial charge in [-0.05, 0) is 48.6 Å². The molecule has 0 amide bonds. The van der Waals surface area contributed by atoms with Gasteiger partial charge >= 0.3 is 0 Å². The van der Waals surface area contributed by atoms with Crippen LogP contribution >= 0.6 is 0 Å². The standard InChI is InChI=1S/C22H19N3O/c1-14-6-9-18-19-11-15(7-8-16-4-2-3-5-17(16)13-26)12-24-21(19)22(23)25-20(18)10-14/h2-6,9-13H,7-8H2,1H3,(H2,23,25). The smallest absolute Gasteiger partial charge is 0.150 e. The molecule has 128 valence electrons. The van der Waals surface area contributed by atoms with Gasteiger partial charge in [0.2, 0.25) is 0 Å². The highest BCUT2D eigenvalue weighted by molar-refractivity contribution is 6.08. The molecule has 0 radical (unpaired) electrons. The number of hydrogen-bond donors (Lipinski definition) is 1. The Kier molecular flexibility index (Phi) is 4.09. The Balaban J connectivity index is 1.75. The van der Waals surface area contributed by atoms with Gasteiger partial charge in [0.15, 0.2) is 5.82 Å². The zero-order valence-electron chi connectivity index (χ0n) is 14.6. The van der Waals surface area contributed by atoms with Crippen molar-refractivity contribution in [3.8, 4) is 0 Å². The number of aldehydes is 1. The van der Waals surface area contributed by atoms with Crippen LogP contribution in [0.25, 0.3) is 21.8 Å². The fourth-order valence-corrected chi connectivity index (χ4v) is 3.35. The molecule has 4 nitrogen and oxygen atoms in total. The monoisotopic (exact) mass is 341 g/mol. The summed E-state index contributed by atoms with van der Waals surface area (Å²) in [5, 5.41) is 2.08. The van der Waals surface area contributed by atoms with E-state index in [1.54, 1.807) is 0 Å². The number of rotatable bonds is 4. The van der Waals surface area contributed by atoms with Crippen molar-refractivity contribution >= 4 is 33.9 Å². The average Bonchev–Trinajstić information content (AvgIpc) is 2.66. The Morgan fingerprint density at radius 3 is 2.73 bits per heavy atom. The SMILES string of the molecule is Cc1ccc2c(c1)nc(N)c1ncc(CCc3ccccc3C=O)cc12. The summed E-state index contributed by atoms with van der Waals surface area (Å²) in [5.41, 5.74) is 11.8. The van der Waals surface area contributed by atoms with Gasteiger partial charge in [-0.1, -0.05) is 36.4 Å². The molecule has 0 bridgehead atoms. The van der Waals surface area contributed by atoms with Gasteiger partial charge in [0.05, 0.1) is 5.52 Å². The van der Waals surface area contributed by atoms with Gasteiger partial charge in [0.25, 0.3) is 0 Å². The molecule has 2 heterocycles. The molecule has 0 fully saturated rings. The Morgan fingerprint density at radius 2 is 1.88 bits per heavy atom. The first kappa shape index (κ1) is 16.2. The van der Waals surface area contributed by atoms with E-state index in [-0.39, 0.29) is 0 Å². The molecule has 0 unspecified atom stereocenters. The maximum atomic E-state index is 11.2. The van der Waals surface area contributed by atoms with Crippen molar-refractivity contribution < 1.29 is 4.79 Å². The maximum Gasteiger partial charge on any atom is 0.150 e. The minimum absolute atomic E-state index is 0.455. The molecule has 4 heteroatoms. The van der Waals surface area contributed by atoms with Crippen LogP contribution in [0.3, 0.4) is 0 Å². The fourth-order valence-electron chi connectivity index (χ4n) is 3.35. The van der Waals surface area contributed by atoms with Crippen LogP contribution in [0.2, 0.25) is 0 Å². The van der Waals surface area contributed by atoms with E-state index in [2.05, 4.69) is 28.2 Å². The topological polar surface area (TPSA) is 68.9 Å². The molecule has 2 aromatic heterocycles. The number of carbonyl (C=O) groups excluding carboxylic acids is 1. The van der Waals surface area contributed by atoms with Crippen LogP contribution in [-0.2, 0) is 12.8 Å². The largest absolute Gasteiger partial charge is 0.382 e. The van der Waals surface area contributed by atoms with Gasteiger partial charge in [-0.25, -0.2) is 4.98 Å². The van der Waals surface area contributed by atoms with E-state index in [0.717, 1.165) is 63.2 Å². The number of fused-ring (bicyclic) bond motifs is 3. The van der Waals surface area contributed by atoms with Gasteiger partial charge in [-0.15, -0.1) is 0 Å². The first-order valence-electron chi connectivity index (χ1n) is 8.63. The molecule has 0 aliphatic carbocycles. The molecule has 0 atom stereocenters. The number of carbonyl (C=O) groups is 1. The summed E-state index contributed by atoms with van der Waals surface area (Å²) in [6, 6.07) is 16.0. The number of hydrogen-bond acceptors (Lipinski definition) is 4. The summed E-state index contributed by atoms with van der Waals surface area (Å²) in [6.07, 6.45) is 4.36. The van der Waals surface area contributed by atoms with Crippen LogP contribution in [0.1, 0.15) is 27.0 Å². The number of nitrogen functional groups attached to an aromatic ring is 1. The van der Waals surface area contributed by atoms with Crippen molar-refractivity contribution in [1.82, 2.24) is 9.97 Å². The highest BCUT2D eigenvalue weighted by Crippen LogP contribution is 2.28. The second-order valence-electron chi connectivity index (χ2n) is 6.57. The molecular weight excluding hydrogens is 322 g/mol. The summed E-state index contributed by atoms with van der Waals surface area (Å²) < 4.78 is 0. The molecule has 0 saturated heterocycles. The van der Waals surface area contributed by atoms with Crippen LogP contribution in [0.5, 0.6) is 0 Å². The molecule has 2 N–H and O–H groups in total. The van der Waals surface area contributed by atoms with Crippen LogP contribution < -0.4 is 5.73 Å². The zero-order chi connectivity index (χ0) is 18.1. The number of nitrogens with zero attached hydrogens (tertiary/aromatic N) is 2. The highest BCUT2D eigenvalue weighted by Gasteiger charge is 2.09. The predicted octanol–water partition coefficient (Wildman–Crippen LogP) is 4.27. The van der Waals surface area contributed by atoms with Crippen LogP contribution in [0, 0.1) is 6.92 Å². The zero-order valence-corrected chi connectivity index (χ0v) is 14.6. The van der Waals surface area contributed by atoms with E-state index in [1.165, 1.54) is 0 Å². The molecule has 26 heavy (non-hydrogen) atoms. The fraction of sp³-hybridized carbons (Fsp3) is 0.136. The van der Waals surface area contributed by atoms with Crippen LogP contribution in [0.4, 0.5) is 5.82 Å². The van der Waals surface area contributed by atoms with Crippen LogP contribution in [0.15, 0.2) is 54.7 Å². The molecule has 0 aliphatic heterocycles. The number of nitrogens with two attached hydrogens (primary N) is 1. The summed E-state index contributed by atoms with van der Waals surface area (Å²) in [4.78, 5) is 20.2. The van der Waals surface area contributed by atoms with Gasteiger partial charge in [-0.2, -0.15) is 0 Å². The first-order chi connectivity index (χ1) is 12.7. The van der Waals surface area contributed by atoms with Crippen molar-refractivity contribution in [3.63, 3.8) is 0 Å². The lowest BCUT2D eigenvalue weighted by molar-refractivity contribution is 0.112. The normalized spacial score (nSPS) is 11.1. The summed E-state index contributed by atoms with van der Waals surface area (Å²) in [6.45, 7) is 2.04. The molecule has 0 spiro atoms. The average molecular weight is 341 g/mol. The third-order valence-corrected chi connectivity index (χ3v) is 4.74. The van der Waals surface area contributed by atoms with Crippen molar-refractivity contribution in [2.75, 3.05) is 5.73 Å². The second kappa shape index (κ2) is 6.56. The Labute approximate surface area is 151 Å². The minimum Gasteiger partial charge on any atom is -0.382 e. The molecule has 2 aromatic carbocycles. The van der Waals surface area contributed by atoms with Gasteiger partial charge in [-0.3, -0.25) is 9.78 Å². The van der Waals surface area contributed by atoms with Crippen molar-refractivity contribution in [1.29, 1.82) is 0 Å². The third kappa shape index (κ3) is 2.90. The minimum atomic E-state index is 0.455. The van der Waals surface area contributed by atoms with Gasteiger partial charge in [0.1, 0.15) is 11.8 Å². The van der Waals surface area contributed by atoms with Crippen molar-refractivity contribution in [2.24, 2.45) is 0 Å². The second-order valence-corrected chi connectivity index (χ2v) is 6.57. The van der Waals surface area contributed by atoms with E-state index in [4.69, 9.17) is 5.73 Å². The number of aryl methyl sites for hydroxylation is 3. The summed E-state index contributed by atoms with van der Waals surface area (Å²) in [5.74, 6) is 0.455. The van der Waals surface area contributed by atoms with E-state index in [1.807, 2.05) is 43.5 Å². The number of benzene rings is 2. The molecule has 0 saturated carbocycles. The Bertz CT molecular complexity index is 1130. The lowest BCUT2D eigenvalue weighted by Crippen LogP contribution is -1.99. The van der Waals surface area contributed by atoms with Gasteiger partial charge < -0.3 is 5.73 Å². The van der Waals surface area contributed by atoms with E-state index < -0.39 is 0 Å². The molecule has 4 aromatic rings. The van der Waals surface area contributed by atoms with Crippen molar-refractivity contribution in [2.45, 2.75) is 19.8 Å². The first-order valence-corrected chi connectivity index (χ1v) is 8.63.